The first-order valence-corrected chi connectivity index (χ1v) is 9.79. The second-order valence-corrected chi connectivity index (χ2v) is 7.23. The van der Waals surface area contributed by atoms with Crippen LogP contribution in [0, 0.1) is 6.92 Å². The Morgan fingerprint density at radius 3 is 2.61 bits per heavy atom. The fourth-order valence-electron chi connectivity index (χ4n) is 3.35. The number of aromatic nitrogens is 2. The van der Waals surface area contributed by atoms with Gasteiger partial charge < -0.3 is 4.90 Å². The van der Waals surface area contributed by atoms with Crippen LogP contribution in [-0.4, -0.2) is 26.4 Å². The lowest BCUT2D eigenvalue weighted by Crippen LogP contribution is -2.38. The molecule has 0 fully saturated rings. The van der Waals surface area contributed by atoms with Crippen LogP contribution in [0.4, 0.5) is 0 Å². The summed E-state index contributed by atoms with van der Waals surface area (Å²) in [5, 5.41) is 0.595. The summed E-state index contributed by atoms with van der Waals surface area (Å²) in [4.78, 5) is 32.0. The Kier molecular flexibility index (Phi) is 6.24. The zero-order chi connectivity index (χ0) is 20.1. The van der Waals surface area contributed by atoms with Crippen molar-refractivity contribution < 1.29 is 4.79 Å². The van der Waals surface area contributed by atoms with E-state index in [4.69, 9.17) is 0 Å². The third kappa shape index (κ3) is 4.30. The zero-order valence-electron chi connectivity index (χ0n) is 16.8. The van der Waals surface area contributed by atoms with Gasteiger partial charge in [0, 0.05) is 25.6 Å². The molecule has 3 aromatic rings. The first-order chi connectivity index (χ1) is 13.5. The van der Waals surface area contributed by atoms with E-state index in [-0.39, 0.29) is 23.9 Å². The van der Waals surface area contributed by atoms with Crippen molar-refractivity contribution in [1.82, 2.24) is 14.5 Å². The van der Waals surface area contributed by atoms with Crippen LogP contribution in [0.3, 0.4) is 0 Å². The molecule has 0 saturated carbocycles. The number of carbonyl (C=O) groups excluding carboxylic acids is 1. The Hall–Kier alpha value is -2.95. The number of hydrogen-bond donors (Lipinski definition) is 0. The normalized spacial score (nSPS) is 12.1. The van der Waals surface area contributed by atoms with Gasteiger partial charge in [-0.05, 0) is 37.5 Å². The van der Waals surface area contributed by atoms with Crippen LogP contribution < -0.4 is 5.56 Å². The highest BCUT2D eigenvalue weighted by molar-refractivity contribution is 5.80. The molecule has 5 heteroatoms. The first-order valence-electron chi connectivity index (χ1n) is 9.79. The minimum absolute atomic E-state index is 0.0504. The molecule has 1 atom stereocenters. The lowest BCUT2D eigenvalue weighted by atomic mass is 10.1. The van der Waals surface area contributed by atoms with Crippen molar-refractivity contribution in [2.45, 2.75) is 52.7 Å². The topological polar surface area (TPSA) is 55.2 Å². The first kappa shape index (κ1) is 19.8. The number of hydrogen-bond acceptors (Lipinski definition) is 3. The third-order valence-electron chi connectivity index (χ3n) is 5.26. The van der Waals surface area contributed by atoms with E-state index in [1.54, 1.807) is 12.4 Å². The molecule has 146 valence electrons. The molecule has 3 rings (SSSR count). The van der Waals surface area contributed by atoms with Crippen molar-refractivity contribution in [3.05, 3.63) is 76.3 Å². The molecule has 5 nitrogen and oxygen atoms in total. The van der Waals surface area contributed by atoms with Gasteiger partial charge in [-0.25, -0.2) is 4.98 Å². The van der Waals surface area contributed by atoms with Gasteiger partial charge >= 0.3 is 0 Å². The summed E-state index contributed by atoms with van der Waals surface area (Å²) in [5.74, 6) is 0.0504. The summed E-state index contributed by atoms with van der Waals surface area (Å²) in [6.45, 7) is 6.99. The van der Waals surface area contributed by atoms with E-state index in [9.17, 15) is 9.59 Å². The van der Waals surface area contributed by atoms with Crippen molar-refractivity contribution in [1.29, 1.82) is 0 Å². The van der Waals surface area contributed by atoms with Gasteiger partial charge in [0.1, 0.15) is 0 Å². The average molecular weight is 377 g/mol. The zero-order valence-corrected chi connectivity index (χ0v) is 16.8. The molecule has 0 spiro atoms. The lowest BCUT2D eigenvalue weighted by Gasteiger charge is -2.29. The van der Waals surface area contributed by atoms with Gasteiger partial charge in [0.05, 0.1) is 17.2 Å². The molecule has 0 radical (unpaired) electrons. The van der Waals surface area contributed by atoms with Crippen molar-refractivity contribution in [2.24, 2.45) is 0 Å². The Balaban J connectivity index is 1.76. The number of carbonyl (C=O) groups is 1. The van der Waals surface area contributed by atoms with Crippen molar-refractivity contribution in [2.75, 3.05) is 0 Å². The van der Waals surface area contributed by atoms with Crippen LogP contribution in [0.25, 0.3) is 10.9 Å². The second kappa shape index (κ2) is 8.83. The number of rotatable bonds is 7. The number of nitrogens with zero attached hydrogens (tertiary/aromatic N) is 3. The van der Waals surface area contributed by atoms with E-state index < -0.39 is 0 Å². The van der Waals surface area contributed by atoms with Crippen LogP contribution in [0.5, 0.6) is 0 Å². The van der Waals surface area contributed by atoms with E-state index in [2.05, 4.69) is 18.8 Å². The van der Waals surface area contributed by atoms with Gasteiger partial charge in [-0.15, -0.1) is 0 Å². The maximum atomic E-state index is 12.9. The molecule has 1 heterocycles. The molecule has 0 unspecified atom stereocenters. The minimum Gasteiger partial charge on any atom is -0.336 e. The molecular weight excluding hydrogens is 350 g/mol. The van der Waals surface area contributed by atoms with E-state index in [1.165, 1.54) is 4.57 Å². The quantitative estimate of drug-likeness (QED) is 0.627. The molecule has 0 aliphatic carbocycles. The maximum Gasteiger partial charge on any atom is 0.261 e. The fourth-order valence-corrected chi connectivity index (χ4v) is 3.35. The Morgan fingerprint density at radius 2 is 1.89 bits per heavy atom. The molecule has 0 aliphatic rings. The second-order valence-electron chi connectivity index (χ2n) is 7.23. The summed E-state index contributed by atoms with van der Waals surface area (Å²) >= 11 is 0. The number of fused-ring (bicyclic) bond motifs is 1. The molecule has 0 aliphatic heterocycles. The largest absolute Gasteiger partial charge is 0.336 e. The Bertz CT molecular complexity index is 1010. The number of amides is 1. The molecule has 1 aromatic heterocycles. The van der Waals surface area contributed by atoms with Crippen molar-refractivity contribution in [3.63, 3.8) is 0 Å². The SMILES string of the molecule is CC[C@H](C)N(Cc1ccccc1)C(=O)CCn1cnc2c(C)cccc2c1=O. The average Bonchev–Trinajstić information content (AvgIpc) is 2.72. The molecule has 0 saturated heterocycles. The Morgan fingerprint density at radius 1 is 1.14 bits per heavy atom. The molecule has 28 heavy (non-hydrogen) atoms. The van der Waals surface area contributed by atoms with Crippen LogP contribution in [-0.2, 0) is 17.9 Å². The van der Waals surface area contributed by atoms with E-state index in [1.807, 2.05) is 54.3 Å². The van der Waals surface area contributed by atoms with E-state index in [0.29, 0.717) is 18.5 Å². The number of aryl methyl sites for hydroxylation is 2. The molecule has 0 N–H and O–H groups in total. The summed E-state index contributed by atoms with van der Waals surface area (Å²) in [5.41, 5.74) is 2.71. The number of benzene rings is 2. The lowest BCUT2D eigenvalue weighted by molar-refractivity contribution is -0.134. The van der Waals surface area contributed by atoms with Gasteiger partial charge in [-0.3, -0.25) is 14.2 Å². The van der Waals surface area contributed by atoms with E-state index in [0.717, 1.165) is 23.1 Å². The highest BCUT2D eigenvalue weighted by Crippen LogP contribution is 2.14. The summed E-state index contributed by atoms with van der Waals surface area (Å²) < 4.78 is 1.54. The predicted octanol–water partition coefficient (Wildman–Crippen LogP) is 3.92. The third-order valence-corrected chi connectivity index (χ3v) is 5.26. The van der Waals surface area contributed by atoms with Gasteiger partial charge in [-0.1, -0.05) is 49.4 Å². The van der Waals surface area contributed by atoms with Gasteiger partial charge in [0.15, 0.2) is 0 Å². The molecular formula is C23H27N3O2. The monoisotopic (exact) mass is 377 g/mol. The standard InChI is InChI=1S/C23H27N3O2/c1-4-18(3)26(15-19-10-6-5-7-11-19)21(27)13-14-25-16-24-22-17(2)9-8-12-20(22)23(25)28/h5-12,16,18H,4,13-15H2,1-3H3/t18-/m0/s1. The van der Waals surface area contributed by atoms with Gasteiger partial charge in [0.25, 0.3) is 5.56 Å². The van der Waals surface area contributed by atoms with Crippen LogP contribution in [0.15, 0.2) is 59.7 Å². The molecule has 1 amide bonds. The van der Waals surface area contributed by atoms with Crippen LogP contribution in [0.1, 0.15) is 37.8 Å². The predicted molar refractivity (Wildman–Crippen MR) is 112 cm³/mol. The smallest absolute Gasteiger partial charge is 0.261 e. The van der Waals surface area contributed by atoms with Crippen molar-refractivity contribution in [3.8, 4) is 0 Å². The van der Waals surface area contributed by atoms with Crippen molar-refractivity contribution >= 4 is 16.8 Å². The van der Waals surface area contributed by atoms with Crippen LogP contribution >= 0.6 is 0 Å². The summed E-state index contributed by atoms with van der Waals surface area (Å²) in [6.07, 6.45) is 2.71. The minimum atomic E-state index is -0.0975. The summed E-state index contributed by atoms with van der Waals surface area (Å²) in [6, 6.07) is 15.7. The fraction of sp³-hybridized carbons (Fsp3) is 0.348. The van der Waals surface area contributed by atoms with Crippen LogP contribution in [0.2, 0.25) is 0 Å². The van der Waals surface area contributed by atoms with Gasteiger partial charge in [0.2, 0.25) is 5.91 Å². The highest BCUT2D eigenvalue weighted by Gasteiger charge is 2.19. The number of para-hydroxylation sites is 1. The highest BCUT2D eigenvalue weighted by atomic mass is 16.2. The Labute approximate surface area is 165 Å². The molecule has 2 aromatic carbocycles. The van der Waals surface area contributed by atoms with E-state index >= 15 is 0 Å². The summed E-state index contributed by atoms with van der Waals surface area (Å²) in [7, 11) is 0. The maximum absolute atomic E-state index is 12.9. The molecule has 0 bridgehead atoms. The van der Waals surface area contributed by atoms with Gasteiger partial charge in [-0.2, -0.15) is 0 Å².